The second-order valence-electron chi connectivity index (χ2n) is 8.28. The number of hydrogen-bond acceptors (Lipinski definition) is 3. The van der Waals surface area contributed by atoms with Crippen LogP contribution in [0.15, 0.2) is 30.3 Å². The molecule has 0 unspecified atom stereocenters. The van der Waals surface area contributed by atoms with E-state index in [-0.39, 0.29) is 17.2 Å². The molecule has 3 aliphatic rings. The Bertz CT molecular complexity index is 663. The number of amides is 2. The van der Waals surface area contributed by atoms with Gasteiger partial charge < -0.3 is 15.1 Å². The Hall–Kier alpha value is -1.88. The molecule has 0 radical (unpaired) electrons. The van der Waals surface area contributed by atoms with E-state index in [0.717, 1.165) is 57.3 Å². The first-order valence-electron chi connectivity index (χ1n) is 9.90. The molecular formula is C21H29N3O2. The van der Waals surface area contributed by atoms with E-state index < -0.39 is 0 Å². The van der Waals surface area contributed by atoms with Crippen molar-refractivity contribution in [3.8, 4) is 0 Å². The van der Waals surface area contributed by atoms with Crippen LogP contribution in [0.25, 0.3) is 0 Å². The maximum absolute atomic E-state index is 13.1. The zero-order valence-electron chi connectivity index (χ0n) is 15.6. The van der Waals surface area contributed by atoms with E-state index in [2.05, 4.69) is 22.3 Å². The number of nitrogens with zero attached hydrogens (tertiary/aromatic N) is 2. The predicted molar refractivity (Wildman–Crippen MR) is 101 cm³/mol. The smallest absolute Gasteiger partial charge is 0.236 e. The Morgan fingerprint density at radius 3 is 2.50 bits per heavy atom. The van der Waals surface area contributed by atoms with Gasteiger partial charge in [-0.2, -0.15) is 0 Å². The molecule has 5 nitrogen and oxygen atoms in total. The van der Waals surface area contributed by atoms with Crippen LogP contribution in [0.1, 0.15) is 43.6 Å². The lowest BCUT2D eigenvalue weighted by molar-refractivity contribution is -0.145. The van der Waals surface area contributed by atoms with Crippen molar-refractivity contribution in [2.24, 2.45) is 5.41 Å². The fraction of sp³-hybridized carbons (Fsp3) is 0.619. The molecule has 0 aromatic heterocycles. The summed E-state index contributed by atoms with van der Waals surface area (Å²) < 4.78 is 0. The summed E-state index contributed by atoms with van der Waals surface area (Å²) in [6.07, 6.45) is 5.23. The summed E-state index contributed by atoms with van der Waals surface area (Å²) in [4.78, 5) is 29.5. The second-order valence-corrected chi connectivity index (χ2v) is 8.28. The molecule has 140 valence electrons. The highest BCUT2D eigenvalue weighted by Crippen LogP contribution is 2.48. The number of benzene rings is 1. The normalized spacial score (nSPS) is 25.6. The first-order valence-corrected chi connectivity index (χ1v) is 9.90. The van der Waals surface area contributed by atoms with Crippen molar-refractivity contribution >= 4 is 11.8 Å². The minimum Gasteiger partial charge on any atom is -0.342 e. The van der Waals surface area contributed by atoms with Crippen molar-refractivity contribution in [1.82, 2.24) is 15.1 Å². The van der Waals surface area contributed by atoms with E-state index in [9.17, 15) is 9.59 Å². The summed E-state index contributed by atoms with van der Waals surface area (Å²) >= 11 is 0. The highest BCUT2D eigenvalue weighted by Gasteiger charge is 2.49. The summed E-state index contributed by atoms with van der Waals surface area (Å²) in [5, 5.41) is 2.96. The van der Waals surface area contributed by atoms with Crippen LogP contribution in [0.2, 0.25) is 0 Å². The highest BCUT2D eigenvalue weighted by atomic mass is 16.2. The first-order chi connectivity index (χ1) is 12.6. The number of hydrogen-bond donors (Lipinski definition) is 1. The number of likely N-dealkylation sites (tertiary alicyclic amines) is 2. The van der Waals surface area contributed by atoms with Gasteiger partial charge in [0.15, 0.2) is 0 Å². The number of nitrogens with one attached hydrogen (secondary N) is 1. The Morgan fingerprint density at radius 1 is 1.19 bits per heavy atom. The molecule has 26 heavy (non-hydrogen) atoms. The SMILES string of the molecule is CNCC(=O)N1CCC2(CC1)C[C@@H](c1ccccc1)C(=O)N(C1CC1)C2. The quantitative estimate of drug-likeness (QED) is 0.899. The van der Waals surface area contributed by atoms with Crippen LogP contribution in [0.3, 0.4) is 0 Å². The standard InChI is InChI=1S/C21H29N3O2/c1-22-14-19(25)23-11-9-21(10-12-23)13-18(16-5-3-2-4-6-16)20(26)24(15-21)17-7-8-17/h2-6,17-18,22H,7-15H2,1H3/t18-/m0/s1. The second kappa shape index (κ2) is 7.03. The number of carbonyl (C=O) groups is 2. The van der Waals surface area contributed by atoms with Gasteiger partial charge in [0.1, 0.15) is 0 Å². The van der Waals surface area contributed by atoms with Gasteiger partial charge in [-0.25, -0.2) is 0 Å². The Morgan fingerprint density at radius 2 is 1.88 bits per heavy atom. The number of likely N-dealkylation sites (N-methyl/N-ethyl adjacent to an activating group) is 1. The number of rotatable bonds is 4. The van der Waals surface area contributed by atoms with Crippen molar-refractivity contribution in [2.75, 3.05) is 33.2 Å². The Kier molecular flexibility index (Phi) is 4.74. The van der Waals surface area contributed by atoms with Gasteiger partial charge in [-0.05, 0) is 50.1 Å². The predicted octanol–water partition coefficient (Wildman–Crippen LogP) is 1.99. The van der Waals surface area contributed by atoms with E-state index in [1.807, 2.05) is 30.1 Å². The molecule has 4 rings (SSSR count). The summed E-state index contributed by atoms with van der Waals surface area (Å²) in [5.74, 6) is 0.482. The Labute approximate surface area is 155 Å². The van der Waals surface area contributed by atoms with Gasteiger partial charge in [0.25, 0.3) is 0 Å². The third-order valence-electron chi connectivity index (χ3n) is 6.42. The van der Waals surface area contributed by atoms with Crippen LogP contribution >= 0.6 is 0 Å². The lowest BCUT2D eigenvalue weighted by Gasteiger charge is -2.50. The van der Waals surface area contributed by atoms with Gasteiger partial charge in [0.2, 0.25) is 11.8 Å². The Balaban J connectivity index is 1.53. The molecule has 5 heteroatoms. The van der Waals surface area contributed by atoms with Crippen LogP contribution in [-0.4, -0.2) is 60.9 Å². The average Bonchev–Trinajstić information content (AvgIpc) is 3.50. The first kappa shape index (κ1) is 17.5. The summed E-state index contributed by atoms with van der Waals surface area (Å²) in [6.45, 7) is 2.92. The molecule has 3 fully saturated rings. The molecule has 1 aromatic rings. The maximum atomic E-state index is 13.1. The molecule has 0 bridgehead atoms. The largest absolute Gasteiger partial charge is 0.342 e. The van der Waals surface area contributed by atoms with E-state index in [1.165, 1.54) is 0 Å². The molecule has 1 aliphatic carbocycles. The molecule has 1 aromatic carbocycles. The topological polar surface area (TPSA) is 52.7 Å². The van der Waals surface area contributed by atoms with Gasteiger partial charge in [-0.3, -0.25) is 9.59 Å². The van der Waals surface area contributed by atoms with Crippen LogP contribution < -0.4 is 5.32 Å². The highest BCUT2D eigenvalue weighted by molar-refractivity contribution is 5.85. The van der Waals surface area contributed by atoms with Gasteiger partial charge >= 0.3 is 0 Å². The molecule has 1 spiro atoms. The monoisotopic (exact) mass is 355 g/mol. The molecule has 1 atom stereocenters. The maximum Gasteiger partial charge on any atom is 0.236 e. The summed E-state index contributed by atoms with van der Waals surface area (Å²) in [6, 6.07) is 10.7. The van der Waals surface area contributed by atoms with Crippen LogP contribution in [0.4, 0.5) is 0 Å². The zero-order valence-corrected chi connectivity index (χ0v) is 15.6. The fourth-order valence-electron chi connectivity index (χ4n) is 4.72. The lowest BCUT2D eigenvalue weighted by atomic mass is 9.67. The number of piperidine rings is 2. The summed E-state index contributed by atoms with van der Waals surface area (Å²) in [5.41, 5.74) is 1.31. The van der Waals surface area contributed by atoms with Crippen LogP contribution in [0, 0.1) is 5.41 Å². The van der Waals surface area contributed by atoms with E-state index in [4.69, 9.17) is 0 Å². The van der Waals surface area contributed by atoms with Crippen molar-refractivity contribution in [3.05, 3.63) is 35.9 Å². The molecule has 2 saturated heterocycles. The molecule has 2 aliphatic heterocycles. The molecule has 1 N–H and O–H groups in total. The third kappa shape index (κ3) is 3.37. The molecular weight excluding hydrogens is 326 g/mol. The van der Waals surface area contributed by atoms with E-state index >= 15 is 0 Å². The fourth-order valence-corrected chi connectivity index (χ4v) is 4.72. The van der Waals surface area contributed by atoms with Crippen molar-refractivity contribution in [3.63, 3.8) is 0 Å². The molecule has 1 saturated carbocycles. The average molecular weight is 355 g/mol. The summed E-state index contributed by atoms with van der Waals surface area (Å²) in [7, 11) is 1.81. The van der Waals surface area contributed by atoms with E-state index in [0.29, 0.717) is 18.5 Å². The van der Waals surface area contributed by atoms with Crippen LogP contribution in [-0.2, 0) is 9.59 Å². The van der Waals surface area contributed by atoms with Crippen molar-refractivity contribution < 1.29 is 9.59 Å². The van der Waals surface area contributed by atoms with Gasteiger partial charge in [0.05, 0.1) is 12.5 Å². The van der Waals surface area contributed by atoms with Crippen LogP contribution in [0.5, 0.6) is 0 Å². The van der Waals surface area contributed by atoms with Crippen molar-refractivity contribution in [2.45, 2.75) is 44.1 Å². The zero-order chi connectivity index (χ0) is 18.1. The minimum absolute atomic E-state index is 0.0230. The van der Waals surface area contributed by atoms with Gasteiger partial charge in [0, 0.05) is 25.7 Å². The number of carbonyl (C=O) groups excluding carboxylic acids is 2. The molecule has 2 heterocycles. The van der Waals surface area contributed by atoms with E-state index in [1.54, 1.807) is 0 Å². The van der Waals surface area contributed by atoms with Crippen molar-refractivity contribution in [1.29, 1.82) is 0 Å². The molecule has 2 amide bonds. The van der Waals surface area contributed by atoms with Gasteiger partial charge in [-0.15, -0.1) is 0 Å². The minimum atomic E-state index is -0.0230. The third-order valence-corrected chi connectivity index (χ3v) is 6.42. The lowest BCUT2D eigenvalue weighted by Crippen LogP contribution is -2.55. The van der Waals surface area contributed by atoms with Gasteiger partial charge in [-0.1, -0.05) is 30.3 Å².